The fourth-order valence-corrected chi connectivity index (χ4v) is 2.42. The molecule has 1 heterocycles. The van der Waals surface area contributed by atoms with Crippen LogP contribution >= 0.6 is 0 Å². The van der Waals surface area contributed by atoms with Crippen LogP contribution in [0, 0.1) is 0 Å². The van der Waals surface area contributed by atoms with Crippen molar-refractivity contribution in [2.75, 3.05) is 20.7 Å². The van der Waals surface area contributed by atoms with Crippen molar-refractivity contribution in [2.45, 2.75) is 44.2 Å². The lowest BCUT2D eigenvalue weighted by Gasteiger charge is -2.48. The molecule has 0 bridgehead atoms. The van der Waals surface area contributed by atoms with Crippen LogP contribution in [0.5, 0.6) is 0 Å². The van der Waals surface area contributed by atoms with Crippen LogP contribution in [0.15, 0.2) is 0 Å². The Morgan fingerprint density at radius 3 is 2.47 bits per heavy atom. The summed E-state index contributed by atoms with van der Waals surface area (Å²) in [6, 6.07) is 0. The molecule has 88 valence electrons. The monoisotopic (exact) mass is 215 g/mol. The van der Waals surface area contributed by atoms with Gasteiger partial charge in [-0.15, -0.1) is 0 Å². The van der Waals surface area contributed by atoms with Gasteiger partial charge in [0.1, 0.15) is 0 Å². The molecular weight excluding hydrogens is 194 g/mol. The summed E-state index contributed by atoms with van der Waals surface area (Å²) < 4.78 is 5.63. The number of carboxylic acid groups (broad SMARTS) is 1. The molecule has 1 rings (SSSR count). The first-order valence-electron chi connectivity index (χ1n) is 5.31. The lowest BCUT2D eigenvalue weighted by molar-refractivity contribution is -0.148. The van der Waals surface area contributed by atoms with Gasteiger partial charge >= 0.3 is 5.97 Å². The SMILES string of the molecule is CN(C)C1(CC(=O)O)CCOC(C)(C)C1. The number of carboxylic acids is 1. The van der Waals surface area contributed by atoms with Crippen molar-refractivity contribution in [2.24, 2.45) is 0 Å². The number of carbonyl (C=O) groups is 1. The van der Waals surface area contributed by atoms with Gasteiger partial charge in [0.2, 0.25) is 0 Å². The second-order valence-corrected chi connectivity index (χ2v) is 5.22. The Labute approximate surface area is 91.2 Å². The number of aliphatic carboxylic acids is 1. The second-order valence-electron chi connectivity index (χ2n) is 5.22. The van der Waals surface area contributed by atoms with Crippen molar-refractivity contribution in [1.29, 1.82) is 0 Å². The Morgan fingerprint density at radius 2 is 2.07 bits per heavy atom. The first kappa shape index (κ1) is 12.5. The lowest BCUT2D eigenvalue weighted by Crippen LogP contribution is -2.55. The van der Waals surface area contributed by atoms with Gasteiger partial charge in [0.15, 0.2) is 0 Å². The summed E-state index contributed by atoms with van der Waals surface area (Å²) in [6.07, 6.45) is 1.74. The standard InChI is InChI=1S/C11H21NO3/c1-10(2)8-11(12(3)4,5-6-15-10)7-9(13)14/h5-8H2,1-4H3,(H,13,14). The highest BCUT2D eigenvalue weighted by Gasteiger charge is 2.43. The Bertz CT molecular complexity index is 250. The number of nitrogens with zero attached hydrogens (tertiary/aromatic N) is 1. The van der Waals surface area contributed by atoms with E-state index in [9.17, 15) is 4.79 Å². The average Bonchev–Trinajstić information content (AvgIpc) is 1.99. The van der Waals surface area contributed by atoms with Crippen molar-refractivity contribution < 1.29 is 14.6 Å². The van der Waals surface area contributed by atoms with E-state index in [2.05, 4.69) is 0 Å². The molecule has 4 nitrogen and oxygen atoms in total. The molecule has 0 aromatic carbocycles. The molecule has 0 amide bonds. The molecule has 0 aromatic heterocycles. The van der Waals surface area contributed by atoms with E-state index in [0.29, 0.717) is 6.61 Å². The second kappa shape index (κ2) is 4.10. The molecule has 0 saturated carbocycles. The number of hydrogen-bond acceptors (Lipinski definition) is 3. The highest BCUT2D eigenvalue weighted by Crippen LogP contribution is 2.37. The summed E-state index contributed by atoms with van der Waals surface area (Å²) in [7, 11) is 3.90. The van der Waals surface area contributed by atoms with Crippen molar-refractivity contribution >= 4 is 5.97 Å². The zero-order valence-corrected chi connectivity index (χ0v) is 10.0. The summed E-state index contributed by atoms with van der Waals surface area (Å²) in [6.45, 7) is 4.68. The molecule has 1 aliphatic heterocycles. The molecule has 15 heavy (non-hydrogen) atoms. The van der Waals surface area contributed by atoms with Gasteiger partial charge in [0, 0.05) is 12.1 Å². The molecule has 1 fully saturated rings. The summed E-state index contributed by atoms with van der Waals surface area (Å²) in [5.41, 5.74) is -0.481. The van der Waals surface area contributed by atoms with Gasteiger partial charge in [-0.3, -0.25) is 4.79 Å². The highest BCUT2D eigenvalue weighted by atomic mass is 16.5. The molecule has 0 radical (unpaired) electrons. The minimum Gasteiger partial charge on any atom is -0.481 e. The Morgan fingerprint density at radius 1 is 1.47 bits per heavy atom. The highest BCUT2D eigenvalue weighted by molar-refractivity contribution is 5.68. The lowest BCUT2D eigenvalue weighted by atomic mass is 9.78. The van der Waals surface area contributed by atoms with E-state index in [1.54, 1.807) is 0 Å². The molecule has 1 unspecified atom stereocenters. The van der Waals surface area contributed by atoms with Crippen LogP contribution in [0.4, 0.5) is 0 Å². The molecule has 1 N–H and O–H groups in total. The van der Waals surface area contributed by atoms with E-state index in [1.165, 1.54) is 0 Å². The van der Waals surface area contributed by atoms with Crippen LogP contribution < -0.4 is 0 Å². The predicted octanol–water partition coefficient (Wildman–Crippen LogP) is 1.35. The van der Waals surface area contributed by atoms with E-state index in [0.717, 1.165) is 12.8 Å². The van der Waals surface area contributed by atoms with Gasteiger partial charge in [-0.2, -0.15) is 0 Å². The van der Waals surface area contributed by atoms with E-state index in [-0.39, 0.29) is 17.6 Å². The zero-order chi connectivity index (χ0) is 11.7. The minimum absolute atomic E-state index is 0.187. The van der Waals surface area contributed by atoms with E-state index < -0.39 is 5.97 Å². The van der Waals surface area contributed by atoms with E-state index in [1.807, 2.05) is 32.8 Å². The van der Waals surface area contributed by atoms with Crippen LogP contribution in [0.1, 0.15) is 33.1 Å². The predicted molar refractivity (Wildman–Crippen MR) is 57.9 cm³/mol. The van der Waals surface area contributed by atoms with E-state index in [4.69, 9.17) is 9.84 Å². The molecular formula is C11H21NO3. The average molecular weight is 215 g/mol. The summed E-state index contributed by atoms with van der Waals surface area (Å²) in [5.74, 6) is -0.735. The molecule has 1 atom stereocenters. The topological polar surface area (TPSA) is 49.8 Å². The zero-order valence-electron chi connectivity index (χ0n) is 10.0. The normalized spacial score (nSPS) is 30.5. The van der Waals surface area contributed by atoms with Crippen molar-refractivity contribution in [3.05, 3.63) is 0 Å². The Balaban J connectivity index is 2.85. The number of rotatable bonds is 3. The van der Waals surface area contributed by atoms with Crippen LogP contribution in [0.3, 0.4) is 0 Å². The third kappa shape index (κ3) is 2.92. The summed E-state index contributed by atoms with van der Waals surface area (Å²) in [5, 5.41) is 8.98. The minimum atomic E-state index is -0.735. The first-order valence-corrected chi connectivity index (χ1v) is 5.31. The molecule has 4 heteroatoms. The maximum absolute atomic E-state index is 10.9. The molecule has 0 spiro atoms. The fourth-order valence-electron chi connectivity index (χ4n) is 2.42. The van der Waals surface area contributed by atoms with Crippen LogP contribution in [0.25, 0.3) is 0 Å². The third-order valence-corrected chi connectivity index (χ3v) is 3.24. The van der Waals surface area contributed by atoms with Gasteiger partial charge in [-0.05, 0) is 40.8 Å². The number of hydrogen-bond donors (Lipinski definition) is 1. The van der Waals surface area contributed by atoms with Crippen molar-refractivity contribution in [3.63, 3.8) is 0 Å². The van der Waals surface area contributed by atoms with E-state index >= 15 is 0 Å². The van der Waals surface area contributed by atoms with Crippen LogP contribution in [-0.4, -0.2) is 47.8 Å². The molecule has 0 aliphatic carbocycles. The smallest absolute Gasteiger partial charge is 0.305 e. The maximum atomic E-state index is 10.9. The molecule has 1 saturated heterocycles. The van der Waals surface area contributed by atoms with Gasteiger partial charge in [0.25, 0.3) is 0 Å². The quantitative estimate of drug-likeness (QED) is 0.772. The third-order valence-electron chi connectivity index (χ3n) is 3.24. The maximum Gasteiger partial charge on any atom is 0.305 e. The number of ether oxygens (including phenoxy) is 1. The van der Waals surface area contributed by atoms with Crippen LogP contribution in [0.2, 0.25) is 0 Å². The fraction of sp³-hybridized carbons (Fsp3) is 0.909. The van der Waals surface area contributed by atoms with Crippen molar-refractivity contribution in [1.82, 2.24) is 4.90 Å². The Hall–Kier alpha value is -0.610. The largest absolute Gasteiger partial charge is 0.481 e. The van der Waals surface area contributed by atoms with Gasteiger partial charge in [-0.25, -0.2) is 0 Å². The van der Waals surface area contributed by atoms with Crippen LogP contribution in [-0.2, 0) is 9.53 Å². The molecule has 0 aromatic rings. The summed E-state index contributed by atoms with van der Waals surface area (Å²) >= 11 is 0. The van der Waals surface area contributed by atoms with Gasteiger partial charge in [-0.1, -0.05) is 0 Å². The molecule has 1 aliphatic rings. The van der Waals surface area contributed by atoms with Gasteiger partial charge < -0.3 is 14.7 Å². The van der Waals surface area contributed by atoms with Gasteiger partial charge in [0.05, 0.1) is 12.0 Å². The first-order chi connectivity index (χ1) is 6.77. The Kier molecular flexibility index (Phi) is 3.41. The van der Waals surface area contributed by atoms with Crippen molar-refractivity contribution in [3.8, 4) is 0 Å². The summed E-state index contributed by atoms with van der Waals surface area (Å²) in [4.78, 5) is 13.0.